The van der Waals surface area contributed by atoms with Crippen LogP contribution in [0.5, 0.6) is 0 Å². The van der Waals surface area contributed by atoms with Crippen molar-refractivity contribution >= 4 is 16.7 Å². The van der Waals surface area contributed by atoms with Crippen LogP contribution < -0.4 is 15.0 Å². The fourth-order valence-corrected chi connectivity index (χ4v) is 2.17. The van der Waals surface area contributed by atoms with Crippen LogP contribution in [-0.2, 0) is 6.54 Å². The van der Waals surface area contributed by atoms with Crippen molar-refractivity contribution in [3.8, 4) is 0 Å². The molecule has 1 aromatic heterocycles. The minimum Gasteiger partial charge on any atom is -0.852 e. The van der Waals surface area contributed by atoms with E-state index in [1.807, 2.05) is 35.8 Å². The molecule has 2 aromatic rings. The van der Waals surface area contributed by atoms with E-state index in [0.717, 1.165) is 16.7 Å². The summed E-state index contributed by atoms with van der Waals surface area (Å²) in [7, 11) is 0. The molecule has 2 heterocycles. The minimum atomic E-state index is -0.390. The van der Waals surface area contributed by atoms with Gasteiger partial charge in [-0.1, -0.05) is 18.7 Å². The van der Waals surface area contributed by atoms with E-state index >= 15 is 0 Å². The summed E-state index contributed by atoms with van der Waals surface area (Å²) in [6, 6.07) is 7.95. The van der Waals surface area contributed by atoms with E-state index in [4.69, 9.17) is 0 Å². The summed E-state index contributed by atoms with van der Waals surface area (Å²) in [5.41, 5.74) is 0.565. The Labute approximate surface area is 93.6 Å². The smallest absolute Gasteiger partial charge is 0.232 e. The Morgan fingerprint density at radius 3 is 3.12 bits per heavy atom. The maximum absolute atomic E-state index is 11.2. The Morgan fingerprint density at radius 1 is 1.50 bits per heavy atom. The summed E-state index contributed by atoms with van der Waals surface area (Å²) in [5, 5.41) is 15.5. The van der Waals surface area contributed by atoms with Crippen LogP contribution >= 0.6 is 0 Å². The predicted molar refractivity (Wildman–Crippen MR) is 58.8 cm³/mol. The summed E-state index contributed by atoms with van der Waals surface area (Å²) in [6.45, 7) is 2.49. The Kier molecular flexibility index (Phi) is 1.88. The topological polar surface area (TPSA) is 51.9 Å². The zero-order valence-electron chi connectivity index (χ0n) is 9.10. The van der Waals surface area contributed by atoms with Gasteiger partial charge in [-0.15, -0.1) is 4.98 Å². The van der Waals surface area contributed by atoms with Crippen molar-refractivity contribution < 1.29 is 9.67 Å². The highest BCUT2D eigenvalue weighted by Gasteiger charge is 2.35. The van der Waals surface area contributed by atoms with Gasteiger partial charge in [0.2, 0.25) is 12.1 Å². The van der Waals surface area contributed by atoms with Gasteiger partial charge in [0.05, 0.1) is 10.9 Å². The van der Waals surface area contributed by atoms with E-state index in [1.54, 1.807) is 6.33 Å². The lowest BCUT2D eigenvalue weighted by Gasteiger charge is -2.22. The second kappa shape index (κ2) is 3.15. The van der Waals surface area contributed by atoms with Gasteiger partial charge in [0.25, 0.3) is 0 Å². The third-order valence-electron chi connectivity index (χ3n) is 3.04. The average molecular weight is 215 g/mol. The van der Waals surface area contributed by atoms with Gasteiger partial charge in [-0.25, -0.2) is 4.57 Å². The van der Waals surface area contributed by atoms with Crippen LogP contribution in [0.2, 0.25) is 0 Å². The number of para-hydroxylation sites is 1. The molecule has 0 aliphatic carbocycles. The van der Waals surface area contributed by atoms with Gasteiger partial charge in [-0.2, -0.15) is 0 Å². The second-order valence-corrected chi connectivity index (χ2v) is 4.57. The van der Waals surface area contributed by atoms with E-state index in [0.29, 0.717) is 6.54 Å². The van der Waals surface area contributed by atoms with Gasteiger partial charge in [-0.05, 0) is 19.1 Å². The monoisotopic (exact) mass is 215 g/mol. The summed E-state index contributed by atoms with van der Waals surface area (Å²) in [5.74, 6) is 1.00. The van der Waals surface area contributed by atoms with Gasteiger partial charge < -0.3 is 5.11 Å². The number of fused-ring (bicyclic) bond motifs is 3. The summed E-state index contributed by atoms with van der Waals surface area (Å²) in [6.07, 6.45) is 1.80. The number of hydrogen-bond donors (Lipinski definition) is 1. The molecule has 1 N–H and O–H groups in total. The molecule has 0 saturated carbocycles. The van der Waals surface area contributed by atoms with E-state index in [2.05, 4.69) is 10.3 Å². The molecule has 1 aromatic carbocycles. The molecule has 0 saturated heterocycles. The minimum absolute atomic E-state index is 0.136. The number of anilines is 1. The Morgan fingerprint density at radius 2 is 2.31 bits per heavy atom. The highest BCUT2D eigenvalue weighted by atomic mass is 16.3. The number of rotatable bonds is 1. The van der Waals surface area contributed by atoms with E-state index in [9.17, 15) is 5.11 Å². The Bertz CT molecular complexity index is 555. The van der Waals surface area contributed by atoms with Crippen molar-refractivity contribution in [3.05, 3.63) is 30.6 Å². The normalized spacial score (nSPS) is 23.1. The summed E-state index contributed by atoms with van der Waals surface area (Å²) >= 11 is 0. The molecule has 0 radical (unpaired) electrons. The van der Waals surface area contributed by atoms with Gasteiger partial charge in [0.1, 0.15) is 6.54 Å². The molecule has 1 aliphatic rings. The number of nitrogens with zero attached hydrogens (tertiary/aromatic N) is 2. The van der Waals surface area contributed by atoms with Gasteiger partial charge in [0.15, 0.2) is 5.52 Å². The van der Waals surface area contributed by atoms with Crippen LogP contribution in [-0.4, -0.2) is 17.1 Å². The molecule has 1 atom stereocenters. The largest absolute Gasteiger partial charge is 0.852 e. The lowest BCUT2D eigenvalue weighted by Crippen LogP contribution is -2.46. The van der Waals surface area contributed by atoms with E-state index in [1.165, 1.54) is 0 Å². The van der Waals surface area contributed by atoms with Crippen LogP contribution in [0.3, 0.4) is 0 Å². The molecule has 16 heavy (non-hydrogen) atoms. The maximum atomic E-state index is 11.2. The number of benzene rings is 1. The third kappa shape index (κ3) is 1.27. The second-order valence-electron chi connectivity index (χ2n) is 4.57. The first-order valence-corrected chi connectivity index (χ1v) is 5.35. The molecule has 1 unspecified atom stereocenters. The van der Waals surface area contributed by atoms with Crippen molar-refractivity contribution in [1.29, 1.82) is 0 Å². The standard InChI is InChI=1S/C12H12N3O/c1-12(7-16)6-15-8-13-10-5-3-2-4-9(10)11(15)14-12/h2-5,8H,6-7H2,1H3/q-1/p+1. The predicted octanol–water partition coefficient (Wildman–Crippen LogP) is 0.0668. The highest BCUT2D eigenvalue weighted by molar-refractivity contribution is 5.87. The van der Waals surface area contributed by atoms with Crippen LogP contribution in [0.1, 0.15) is 6.92 Å². The zero-order chi connectivity index (χ0) is 11.2. The summed E-state index contributed by atoms with van der Waals surface area (Å²) < 4.78 is 2.01. The van der Waals surface area contributed by atoms with Gasteiger partial charge >= 0.3 is 0 Å². The molecule has 0 fully saturated rings. The molecular weight excluding hydrogens is 202 g/mol. The molecule has 3 rings (SSSR count). The molecule has 0 amide bonds. The van der Waals surface area contributed by atoms with Gasteiger partial charge in [0, 0.05) is 0 Å². The first-order chi connectivity index (χ1) is 7.72. The van der Waals surface area contributed by atoms with Crippen molar-refractivity contribution in [2.75, 3.05) is 11.9 Å². The van der Waals surface area contributed by atoms with E-state index < -0.39 is 5.54 Å². The SMILES string of the molecule is CC1(C[O-])C[n+]2cnc3ccccc3c2N1. The van der Waals surface area contributed by atoms with Crippen LogP contribution in [0, 0.1) is 0 Å². The molecule has 82 valence electrons. The molecular formula is C12H13N3O. The Hall–Kier alpha value is -1.68. The third-order valence-corrected chi connectivity index (χ3v) is 3.04. The van der Waals surface area contributed by atoms with Crippen molar-refractivity contribution in [2.45, 2.75) is 19.0 Å². The molecule has 0 spiro atoms. The molecule has 0 bridgehead atoms. The molecule has 4 nitrogen and oxygen atoms in total. The van der Waals surface area contributed by atoms with Crippen molar-refractivity contribution in [2.24, 2.45) is 0 Å². The summed E-state index contributed by atoms with van der Waals surface area (Å²) in [4.78, 5) is 4.37. The number of hydrogen-bond acceptors (Lipinski definition) is 3. The number of aromatic nitrogens is 2. The molecule has 1 aliphatic heterocycles. The van der Waals surface area contributed by atoms with Crippen molar-refractivity contribution in [1.82, 2.24) is 4.98 Å². The van der Waals surface area contributed by atoms with E-state index in [-0.39, 0.29) is 6.61 Å². The van der Waals surface area contributed by atoms with Crippen LogP contribution in [0.25, 0.3) is 10.9 Å². The lowest BCUT2D eigenvalue weighted by molar-refractivity contribution is -0.681. The molecule has 4 heteroatoms. The van der Waals surface area contributed by atoms with Crippen LogP contribution in [0.4, 0.5) is 5.82 Å². The number of nitrogens with one attached hydrogen (secondary N) is 1. The quantitative estimate of drug-likeness (QED) is 0.685. The highest BCUT2D eigenvalue weighted by Crippen LogP contribution is 2.25. The van der Waals surface area contributed by atoms with Gasteiger partial charge in [-0.3, -0.25) is 5.32 Å². The van der Waals surface area contributed by atoms with Crippen LogP contribution in [0.15, 0.2) is 30.6 Å². The zero-order valence-corrected chi connectivity index (χ0v) is 9.10. The van der Waals surface area contributed by atoms with Crippen molar-refractivity contribution in [3.63, 3.8) is 0 Å². The first-order valence-electron chi connectivity index (χ1n) is 5.35. The average Bonchev–Trinajstić information content (AvgIpc) is 2.67. The Balaban J connectivity index is 2.21. The maximum Gasteiger partial charge on any atom is 0.232 e. The fraction of sp³-hybridized carbons (Fsp3) is 0.333. The fourth-order valence-electron chi connectivity index (χ4n) is 2.17. The lowest BCUT2D eigenvalue weighted by atomic mass is 10.1. The first kappa shape index (κ1) is 9.54.